The van der Waals surface area contributed by atoms with Gasteiger partial charge in [-0.25, -0.2) is 0 Å². The highest BCUT2D eigenvalue weighted by molar-refractivity contribution is 9.11. The predicted molar refractivity (Wildman–Crippen MR) is 81.3 cm³/mol. The van der Waals surface area contributed by atoms with Crippen LogP contribution in [0.15, 0.2) is 45.4 Å². The van der Waals surface area contributed by atoms with Gasteiger partial charge >= 0.3 is 0 Å². The molecule has 0 aliphatic carbocycles. The minimum Gasteiger partial charge on any atom is -0.330 e. The van der Waals surface area contributed by atoms with E-state index in [1.807, 2.05) is 29.0 Å². The smallest absolute Gasteiger partial charge is 0.255 e. The summed E-state index contributed by atoms with van der Waals surface area (Å²) in [5.74, 6) is 0.0465. The first kappa shape index (κ1) is 13.5. The monoisotopic (exact) mass is 341 g/mol. The zero-order valence-corrected chi connectivity index (χ0v) is 12.9. The molecule has 2 heterocycles. The maximum Gasteiger partial charge on any atom is 0.255 e. The van der Waals surface area contributed by atoms with E-state index in [-0.39, 0.29) is 5.91 Å². The molecule has 0 atom stereocenters. The number of hydrogen-bond acceptors (Lipinski definition) is 3. The van der Waals surface area contributed by atoms with Gasteiger partial charge in [0.15, 0.2) is 0 Å². The van der Waals surface area contributed by atoms with Crippen LogP contribution < -0.4 is 0 Å². The molecule has 94 valence electrons. The van der Waals surface area contributed by atoms with E-state index in [1.54, 1.807) is 22.3 Å². The molecule has 1 amide bonds. The van der Waals surface area contributed by atoms with Crippen LogP contribution in [0.5, 0.6) is 0 Å². The van der Waals surface area contributed by atoms with E-state index in [0.717, 1.165) is 9.35 Å². The lowest BCUT2D eigenvalue weighted by Crippen LogP contribution is -2.30. The standard InChI is InChI=1S/C13H12BrNOS2/c1-2-5-15(8-11-4-3-6-17-11)13(16)10-7-12(14)18-9-10/h2-4,6-7,9H,1,5,8H2. The largest absolute Gasteiger partial charge is 0.330 e. The average molecular weight is 342 g/mol. The molecule has 0 radical (unpaired) electrons. The van der Waals surface area contributed by atoms with Gasteiger partial charge in [-0.2, -0.15) is 0 Å². The molecule has 0 unspecified atom stereocenters. The zero-order valence-electron chi connectivity index (χ0n) is 9.64. The van der Waals surface area contributed by atoms with Crippen LogP contribution >= 0.6 is 38.6 Å². The second-order valence-corrected chi connectivity index (χ2v) is 7.02. The molecule has 5 heteroatoms. The molecule has 0 aliphatic heterocycles. The maximum atomic E-state index is 12.3. The third-order valence-corrected chi connectivity index (χ3v) is 4.74. The van der Waals surface area contributed by atoms with Crippen molar-refractivity contribution in [2.24, 2.45) is 0 Å². The molecule has 2 aromatic heterocycles. The van der Waals surface area contributed by atoms with Crippen molar-refractivity contribution >= 4 is 44.5 Å². The summed E-state index contributed by atoms with van der Waals surface area (Å²) in [7, 11) is 0. The van der Waals surface area contributed by atoms with Gasteiger partial charge < -0.3 is 4.90 Å². The fraction of sp³-hybridized carbons (Fsp3) is 0.154. The highest BCUT2D eigenvalue weighted by Crippen LogP contribution is 2.22. The molecule has 0 fully saturated rings. The van der Waals surface area contributed by atoms with Gasteiger partial charge in [0, 0.05) is 16.8 Å². The van der Waals surface area contributed by atoms with E-state index in [1.165, 1.54) is 16.2 Å². The molecule has 2 aromatic rings. The van der Waals surface area contributed by atoms with Gasteiger partial charge in [0.1, 0.15) is 0 Å². The van der Waals surface area contributed by atoms with Crippen LogP contribution in [0.4, 0.5) is 0 Å². The topological polar surface area (TPSA) is 20.3 Å². The second-order valence-electron chi connectivity index (χ2n) is 3.69. The summed E-state index contributed by atoms with van der Waals surface area (Å²) in [6.45, 7) is 4.91. The van der Waals surface area contributed by atoms with E-state index in [4.69, 9.17) is 0 Å². The van der Waals surface area contributed by atoms with E-state index in [0.29, 0.717) is 13.1 Å². The lowest BCUT2D eigenvalue weighted by atomic mass is 10.3. The number of hydrogen-bond donors (Lipinski definition) is 0. The van der Waals surface area contributed by atoms with Crippen molar-refractivity contribution in [1.29, 1.82) is 0 Å². The summed E-state index contributed by atoms with van der Waals surface area (Å²) in [4.78, 5) is 15.3. The van der Waals surface area contributed by atoms with Crippen LogP contribution in [-0.2, 0) is 6.54 Å². The van der Waals surface area contributed by atoms with Crippen LogP contribution in [0, 0.1) is 0 Å². The Labute approximate surface area is 123 Å². The third kappa shape index (κ3) is 3.31. The first-order valence-electron chi connectivity index (χ1n) is 5.37. The molecule has 0 N–H and O–H groups in total. The number of thiophene rings is 2. The van der Waals surface area contributed by atoms with Crippen molar-refractivity contribution in [2.45, 2.75) is 6.54 Å². The Bertz CT molecular complexity index is 533. The Kier molecular flexibility index (Phi) is 4.74. The van der Waals surface area contributed by atoms with Gasteiger partial charge in [0.05, 0.1) is 15.9 Å². The number of halogens is 1. The van der Waals surface area contributed by atoms with Gasteiger partial charge in [-0.05, 0) is 33.4 Å². The molecule has 0 aromatic carbocycles. The number of carbonyl (C=O) groups is 1. The van der Waals surface area contributed by atoms with Gasteiger partial charge in [-0.1, -0.05) is 12.1 Å². The Morgan fingerprint density at radius 3 is 2.89 bits per heavy atom. The summed E-state index contributed by atoms with van der Waals surface area (Å²) in [6, 6.07) is 5.90. The number of carbonyl (C=O) groups excluding carboxylic acids is 1. The van der Waals surface area contributed by atoms with Crippen molar-refractivity contribution in [3.8, 4) is 0 Å². The predicted octanol–water partition coefficient (Wildman–Crippen LogP) is 4.40. The van der Waals surface area contributed by atoms with Gasteiger partial charge in [-0.3, -0.25) is 4.79 Å². The first-order chi connectivity index (χ1) is 8.70. The lowest BCUT2D eigenvalue weighted by molar-refractivity contribution is 0.0765. The molecular formula is C13H12BrNOS2. The molecule has 0 aliphatic rings. The fourth-order valence-corrected chi connectivity index (χ4v) is 3.42. The Morgan fingerprint density at radius 1 is 1.50 bits per heavy atom. The quantitative estimate of drug-likeness (QED) is 0.738. The first-order valence-corrected chi connectivity index (χ1v) is 7.92. The molecule has 18 heavy (non-hydrogen) atoms. The van der Waals surface area contributed by atoms with Crippen molar-refractivity contribution < 1.29 is 4.79 Å². The van der Waals surface area contributed by atoms with E-state index >= 15 is 0 Å². The minimum atomic E-state index is 0.0465. The second kappa shape index (κ2) is 6.31. The van der Waals surface area contributed by atoms with Gasteiger partial charge in [0.25, 0.3) is 5.91 Å². The Hall–Kier alpha value is -0.910. The number of rotatable bonds is 5. The van der Waals surface area contributed by atoms with E-state index < -0.39 is 0 Å². The number of nitrogens with zero attached hydrogens (tertiary/aromatic N) is 1. The summed E-state index contributed by atoms with van der Waals surface area (Å²) in [5, 5.41) is 3.89. The molecular weight excluding hydrogens is 330 g/mol. The minimum absolute atomic E-state index is 0.0465. The highest BCUT2D eigenvalue weighted by atomic mass is 79.9. The van der Waals surface area contributed by atoms with Crippen molar-refractivity contribution in [3.05, 3.63) is 55.8 Å². The van der Waals surface area contributed by atoms with Crippen LogP contribution in [0.25, 0.3) is 0 Å². The number of amides is 1. The summed E-state index contributed by atoms with van der Waals surface area (Å²) in [5.41, 5.74) is 0.727. The SMILES string of the molecule is C=CCN(Cc1cccs1)C(=O)c1csc(Br)c1. The van der Waals surface area contributed by atoms with Crippen LogP contribution in [0.1, 0.15) is 15.2 Å². The van der Waals surface area contributed by atoms with Crippen LogP contribution in [-0.4, -0.2) is 17.4 Å². The Balaban J connectivity index is 2.14. The Morgan fingerprint density at radius 2 is 2.33 bits per heavy atom. The highest BCUT2D eigenvalue weighted by Gasteiger charge is 2.16. The summed E-state index contributed by atoms with van der Waals surface area (Å²) < 4.78 is 0.973. The lowest BCUT2D eigenvalue weighted by Gasteiger charge is -2.19. The van der Waals surface area contributed by atoms with Crippen molar-refractivity contribution in [3.63, 3.8) is 0 Å². The van der Waals surface area contributed by atoms with Gasteiger partial charge in [0.2, 0.25) is 0 Å². The maximum absolute atomic E-state index is 12.3. The normalized spacial score (nSPS) is 10.3. The average Bonchev–Trinajstić information content (AvgIpc) is 2.99. The van der Waals surface area contributed by atoms with E-state index in [2.05, 4.69) is 22.5 Å². The van der Waals surface area contributed by atoms with Crippen molar-refractivity contribution in [1.82, 2.24) is 4.90 Å². The summed E-state index contributed by atoms with van der Waals surface area (Å²) in [6.07, 6.45) is 1.76. The molecule has 2 nitrogen and oxygen atoms in total. The van der Waals surface area contributed by atoms with Gasteiger partial charge in [-0.15, -0.1) is 29.3 Å². The molecule has 0 saturated heterocycles. The molecule has 0 saturated carbocycles. The molecule has 0 spiro atoms. The third-order valence-electron chi connectivity index (χ3n) is 2.38. The van der Waals surface area contributed by atoms with E-state index in [9.17, 15) is 4.79 Å². The van der Waals surface area contributed by atoms with Crippen LogP contribution in [0.2, 0.25) is 0 Å². The fourth-order valence-electron chi connectivity index (χ4n) is 1.57. The van der Waals surface area contributed by atoms with Crippen molar-refractivity contribution in [2.75, 3.05) is 6.54 Å². The molecule has 2 rings (SSSR count). The molecule has 0 bridgehead atoms. The zero-order chi connectivity index (χ0) is 13.0. The summed E-state index contributed by atoms with van der Waals surface area (Å²) >= 11 is 6.56. The van der Waals surface area contributed by atoms with Crippen LogP contribution in [0.3, 0.4) is 0 Å².